The summed E-state index contributed by atoms with van der Waals surface area (Å²) in [7, 11) is 5.59. The molecule has 0 bridgehead atoms. The average Bonchev–Trinajstić information content (AvgIpc) is 2.62. The first kappa shape index (κ1) is 29.4. The molecular weight excluding hydrogens is 378 g/mol. The monoisotopic (exact) mass is 430 g/mol. The number of carbonyl (C=O) groups is 1. The molecule has 0 aromatic carbocycles. The molecule has 180 valence electrons. The van der Waals surface area contributed by atoms with Crippen molar-refractivity contribution in [1.82, 2.24) is 0 Å². The van der Waals surface area contributed by atoms with Crippen LogP contribution in [0.3, 0.4) is 0 Å². The molecule has 0 spiro atoms. The number of nitrogens with zero attached hydrogens (tertiary/aromatic N) is 1. The number of unbranched alkanes of at least 4 members (excludes halogenated alkanes) is 14. The van der Waals surface area contributed by atoms with E-state index >= 15 is 0 Å². The van der Waals surface area contributed by atoms with E-state index in [1.807, 2.05) is 21.1 Å². The summed E-state index contributed by atoms with van der Waals surface area (Å²) in [6.07, 6.45) is 19.0. The molecule has 30 heavy (non-hydrogen) atoms. The summed E-state index contributed by atoms with van der Waals surface area (Å²) in [4.78, 5) is 11.8. The Bertz CT molecular complexity index is 406. The second kappa shape index (κ2) is 18.0. The van der Waals surface area contributed by atoms with Gasteiger partial charge in [0.2, 0.25) is 0 Å². The van der Waals surface area contributed by atoms with Gasteiger partial charge in [0.25, 0.3) is 0 Å². The number of hydrogen-bond acceptors (Lipinski definition) is 3. The SMILES string of the molecule is CCCCCCCCCCCCCCCCCC(CC(O)O)C(C(=O)O)[N+](C)(C)C. The molecule has 0 aliphatic rings. The molecule has 0 radical (unpaired) electrons. The van der Waals surface area contributed by atoms with Crippen molar-refractivity contribution >= 4 is 5.97 Å². The first-order valence-electron chi connectivity index (χ1n) is 12.6. The quantitative estimate of drug-likeness (QED) is 0.124. The lowest BCUT2D eigenvalue weighted by Crippen LogP contribution is -2.54. The van der Waals surface area contributed by atoms with E-state index in [0.717, 1.165) is 19.3 Å². The molecule has 5 heteroatoms. The van der Waals surface area contributed by atoms with Crippen LogP contribution in [-0.2, 0) is 4.79 Å². The summed E-state index contributed by atoms with van der Waals surface area (Å²) in [5, 5.41) is 28.4. The van der Waals surface area contributed by atoms with Gasteiger partial charge in [0.15, 0.2) is 12.3 Å². The highest BCUT2D eigenvalue weighted by Gasteiger charge is 2.39. The topological polar surface area (TPSA) is 77.8 Å². The van der Waals surface area contributed by atoms with Crippen LogP contribution in [0.4, 0.5) is 0 Å². The molecular formula is C25H52NO4+. The van der Waals surface area contributed by atoms with Gasteiger partial charge in [-0.1, -0.05) is 103 Å². The van der Waals surface area contributed by atoms with Gasteiger partial charge in [-0.05, 0) is 6.42 Å². The van der Waals surface area contributed by atoms with Gasteiger partial charge in [-0.25, -0.2) is 4.79 Å². The van der Waals surface area contributed by atoms with Crippen LogP contribution in [0.15, 0.2) is 0 Å². The molecule has 0 saturated heterocycles. The highest BCUT2D eigenvalue weighted by atomic mass is 16.5. The number of hydrogen-bond donors (Lipinski definition) is 3. The van der Waals surface area contributed by atoms with E-state index in [0.29, 0.717) is 4.48 Å². The minimum Gasteiger partial charge on any atom is -0.477 e. The maximum Gasteiger partial charge on any atom is 0.362 e. The van der Waals surface area contributed by atoms with Crippen molar-refractivity contribution < 1.29 is 24.6 Å². The van der Waals surface area contributed by atoms with Gasteiger partial charge in [0, 0.05) is 12.3 Å². The normalized spacial score (nSPS) is 14.2. The Balaban J connectivity index is 3.82. The largest absolute Gasteiger partial charge is 0.477 e. The second-order valence-electron chi connectivity index (χ2n) is 10.1. The van der Waals surface area contributed by atoms with Gasteiger partial charge < -0.3 is 19.8 Å². The minimum atomic E-state index is -1.44. The van der Waals surface area contributed by atoms with E-state index in [1.165, 1.54) is 83.5 Å². The van der Waals surface area contributed by atoms with Crippen molar-refractivity contribution in [2.45, 2.75) is 128 Å². The number of aliphatic hydroxyl groups excluding tert-OH is 1. The molecule has 0 amide bonds. The Labute approximate surface area is 186 Å². The fraction of sp³-hybridized carbons (Fsp3) is 0.960. The van der Waals surface area contributed by atoms with Crippen molar-refractivity contribution in [3.8, 4) is 0 Å². The van der Waals surface area contributed by atoms with E-state index in [2.05, 4.69) is 6.92 Å². The number of quaternary nitrogens is 1. The van der Waals surface area contributed by atoms with Crippen LogP contribution in [0.5, 0.6) is 0 Å². The van der Waals surface area contributed by atoms with E-state index < -0.39 is 18.3 Å². The zero-order valence-electron chi connectivity index (χ0n) is 20.4. The predicted octanol–water partition coefficient (Wildman–Crippen LogP) is 5.72. The third-order valence-electron chi connectivity index (χ3n) is 6.23. The lowest BCUT2D eigenvalue weighted by atomic mass is 9.88. The molecule has 0 aromatic heterocycles. The number of carboxylic acid groups (broad SMARTS) is 1. The lowest BCUT2D eigenvalue weighted by Gasteiger charge is -2.36. The third kappa shape index (κ3) is 16.1. The van der Waals surface area contributed by atoms with Gasteiger partial charge in [-0.3, -0.25) is 0 Å². The summed E-state index contributed by atoms with van der Waals surface area (Å²) in [6.45, 7) is 2.26. The summed E-state index contributed by atoms with van der Waals surface area (Å²) in [5.74, 6) is -1.07. The van der Waals surface area contributed by atoms with Crippen LogP contribution in [0.25, 0.3) is 0 Å². The maximum atomic E-state index is 11.8. The molecule has 0 heterocycles. The predicted molar refractivity (Wildman–Crippen MR) is 125 cm³/mol. The van der Waals surface area contributed by atoms with Gasteiger partial charge in [0.1, 0.15) is 0 Å². The molecule has 0 aromatic rings. The first-order valence-corrected chi connectivity index (χ1v) is 12.6. The lowest BCUT2D eigenvalue weighted by molar-refractivity contribution is -0.891. The number of aliphatic carboxylic acids is 1. The molecule has 0 saturated carbocycles. The zero-order chi connectivity index (χ0) is 22.8. The van der Waals surface area contributed by atoms with Crippen LogP contribution >= 0.6 is 0 Å². The molecule has 0 rings (SSSR count). The van der Waals surface area contributed by atoms with E-state index in [9.17, 15) is 20.1 Å². The molecule has 5 nitrogen and oxygen atoms in total. The molecule has 0 aliphatic heterocycles. The summed E-state index contributed by atoms with van der Waals surface area (Å²) in [5.41, 5.74) is 0. The summed E-state index contributed by atoms with van der Waals surface area (Å²) >= 11 is 0. The highest BCUT2D eigenvalue weighted by molar-refractivity contribution is 5.72. The Morgan fingerprint density at radius 2 is 1.07 bits per heavy atom. The second-order valence-corrected chi connectivity index (χ2v) is 10.1. The average molecular weight is 431 g/mol. The Kier molecular flexibility index (Phi) is 17.6. The molecule has 2 atom stereocenters. The molecule has 3 N–H and O–H groups in total. The Hall–Kier alpha value is -0.650. The first-order chi connectivity index (χ1) is 14.2. The summed E-state index contributed by atoms with van der Waals surface area (Å²) < 4.78 is 0.297. The van der Waals surface area contributed by atoms with E-state index in [1.54, 1.807) is 0 Å². The highest BCUT2D eigenvalue weighted by Crippen LogP contribution is 2.26. The number of rotatable bonds is 21. The van der Waals surface area contributed by atoms with Crippen molar-refractivity contribution in [2.75, 3.05) is 21.1 Å². The van der Waals surface area contributed by atoms with Crippen LogP contribution < -0.4 is 0 Å². The van der Waals surface area contributed by atoms with Crippen LogP contribution in [0.1, 0.15) is 116 Å². The maximum absolute atomic E-state index is 11.8. The zero-order valence-corrected chi connectivity index (χ0v) is 20.4. The third-order valence-corrected chi connectivity index (χ3v) is 6.23. The van der Waals surface area contributed by atoms with Gasteiger partial charge in [-0.15, -0.1) is 0 Å². The number of carboxylic acids is 1. The molecule has 0 fully saturated rings. The van der Waals surface area contributed by atoms with Gasteiger partial charge in [-0.2, -0.15) is 0 Å². The molecule has 2 unspecified atom stereocenters. The van der Waals surface area contributed by atoms with Crippen LogP contribution in [-0.4, -0.2) is 59.2 Å². The number of likely N-dealkylation sites (N-methyl/N-ethyl adjacent to an activating group) is 1. The van der Waals surface area contributed by atoms with Crippen molar-refractivity contribution in [3.63, 3.8) is 0 Å². The summed E-state index contributed by atoms with van der Waals surface area (Å²) in [6, 6.07) is -0.613. The van der Waals surface area contributed by atoms with Gasteiger partial charge in [0.05, 0.1) is 21.1 Å². The van der Waals surface area contributed by atoms with Crippen molar-refractivity contribution in [2.24, 2.45) is 5.92 Å². The van der Waals surface area contributed by atoms with Crippen LogP contribution in [0.2, 0.25) is 0 Å². The van der Waals surface area contributed by atoms with Crippen molar-refractivity contribution in [1.29, 1.82) is 0 Å². The van der Waals surface area contributed by atoms with E-state index in [4.69, 9.17) is 0 Å². The van der Waals surface area contributed by atoms with Crippen molar-refractivity contribution in [3.05, 3.63) is 0 Å². The molecule has 0 aliphatic carbocycles. The number of aliphatic hydroxyl groups is 2. The Morgan fingerprint density at radius 3 is 1.37 bits per heavy atom. The van der Waals surface area contributed by atoms with Gasteiger partial charge >= 0.3 is 5.97 Å². The van der Waals surface area contributed by atoms with Crippen LogP contribution in [0, 0.1) is 5.92 Å². The van der Waals surface area contributed by atoms with E-state index in [-0.39, 0.29) is 12.3 Å². The minimum absolute atomic E-state index is 0.130. The fourth-order valence-corrected chi connectivity index (χ4v) is 4.62. The smallest absolute Gasteiger partial charge is 0.362 e. The Morgan fingerprint density at radius 1 is 0.700 bits per heavy atom. The fourth-order valence-electron chi connectivity index (χ4n) is 4.62. The standard InChI is InChI=1S/C25H51NO4/c1-5-6-7-8-9-10-11-12-13-14-15-16-17-18-19-20-22(21-23(27)28)24(25(29)30)26(2,3)4/h22-24,27-28H,5-21H2,1-4H3/p+1.